The van der Waals surface area contributed by atoms with Crippen molar-refractivity contribution in [2.45, 2.75) is 12.8 Å². The van der Waals surface area contributed by atoms with E-state index in [1.165, 1.54) is 0 Å². The molecule has 0 aromatic carbocycles. The maximum absolute atomic E-state index is 4.21. The first-order valence-corrected chi connectivity index (χ1v) is 3.87. The van der Waals surface area contributed by atoms with Gasteiger partial charge in [0.2, 0.25) is 0 Å². The molecule has 2 heteroatoms. The minimum atomic E-state index is 0.847. The topological polar surface area (TPSA) is 3.24 Å². The van der Waals surface area contributed by atoms with E-state index >= 15 is 0 Å². The molecule has 0 spiro atoms. The van der Waals surface area contributed by atoms with Gasteiger partial charge in [0.15, 0.2) is 0 Å². The number of allylic oxidation sites excluding steroid dienone is 1. The second kappa shape index (κ2) is 6.90. The van der Waals surface area contributed by atoms with Crippen LogP contribution in [0, 0.1) is 0 Å². The smallest absolute Gasteiger partial charge is 0.0265 e. The third-order valence-corrected chi connectivity index (χ3v) is 1.53. The van der Waals surface area contributed by atoms with Gasteiger partial charge in [-0.25, -0.2) is 4.31 Å². The number of unbranched alkanes of at least 4 members (excludes halogenated alkanes) is 1. The van der Waals surface area contributed by atoms with Gasteiger partial charge in [0.25, 0.3) is 0 Å². The number of rotatable bonds is 6. The third-order valence-electron chi connectivity index (χ3n) is 1.16. The first-order valence-electron chi connectivity index (χ1n) is 3.47. The van der Waals surface area contributed by atoms with E-state index in [0.29, 0.717) is 0 Å². The van der Waals surface area contributed by atoms with Gasteiger partial charge < -0.3 is 0 Å². The quantitative estimate of drug-likeness (QED) is 0.352. The molecule has 1 nitrogen and oxygen atoms in total. The van der Waals surface area contributed by atoms with Crippen LogP contribution in [0.1, 0.15) is 12.8 Å². The summed E-state index contributed by atoms with van der Waals surface area (Å²) < 4.78 is 1.94. The lowest BCUT2D eigenvalue weighted by Crippen LogP contribution is -2.12. The van der Waals surface area contributed by atoms with Crippen molar-refractivity contribution in [1.82, 2.24) is 4.31 Å². The Morgan fingerprint density at radius 3 is 2.50 bits per heavy atom. The predicted molar refractivity (Wildman–Crippen MR) is 50.2 cm³/mol. The summed E-state index contributed by atoms with van der Waals surface area (Å²) in [6.07, 6.45) is 5.96. The van der Waals surface area contributed by atoms with Crippen molar-refractivity contribution in [3.63, 3.8) is 0 Å². The van der Waals surface area contributed by atoms with E-state index in [1.807, 2.05) is 16.5 Å². The van der Waals surface area contributed by atoms with Gasteiger partial charge in [0.1, 0.15) is 0 Å². The summed E-state index contributed by atoms with van der Waals surface area (Å²) in [6, 6.07) is 0. The Balaban J connectivity index is 3.11. The highest BCUT2D eigenvalue weighted by Gasteiger charge is 1.92. The van der Waals surface area contributed by atoms with Gasteiger partial charge in [-0.3, -0.25) is 0 Å². The molecule has 0 aromatic rings. The van der Waals surface area contributed by atoms with Crippen LogP contribution in [0.3, 0.4) is 0 Å². The molecule has 0 aliphatic rings. The van der Waals surface area contributed by atoms with Crippen LogP contribution in [0.2, 0.25) is 0 Å². The van der Waals surface area contributed by atoms with Crippen molar-refractivity contribution < 1.29 is 0 Å². The van der Waals surface area contributed by atoms with Gasteiger partial charge in [-0.2, -0.15) is 0 Å². The summed E-state index contributed by atoms with van der Waals surface area (Å²) in [7, 11) is 0. The molecule has 0 aliphatic heterocycles. The summed E-state index contributed by atoms with van der Waals surface area (Å²) in [4.78, 5) is 0. The molecule has 58 valence electrons. The fraction of sp³-hybridized carbons (Fsp3) is 0.500. The largest absolute Gasteiger partial charge is 0.249 e. The standard InChI is InChI=1S/C8H15NS/c1-3-5-6-8-9(10)7-4-2/h3-4,10H,1-2,5-8H2. The van der Waals surface area contributed by atoms with E-state index in [-0.39, 0.29) is 0 Å². The van der Waals surface area contributed by atoms with Crippen LogP contribution in [0.15, 0.2) is 25.3 Å². The van der Waals surface area contributed by atoms with Gasteiger partial charge in [-0.15, -0.1) is 13.2 Å². The van der Waals surface area contributed by atoms with Crippen LogP contribution in [0.25, 0.3) is 0 Å². The monoisotopic (exact) mass is 157 g/mol. The minimum absolute atomic E-state index is 0.847. The summed E-state index contributed by atoms with van der Waals surface area (Å²) >= 11 is 4.21. The molecule has 0 saturated carbocycles. The van der Waals surface area contributed by atoms with Crippen molar-refractivity contribution in [2.24, 2.45) is 0 Å². The molecular weight excluding hydrogens is 142 g/mol. The molecule has 0 aliphatic carbocycles. The lowest BCUT2D eigenvalue weighted by Gasteiger charge is -2.10. The van der Waals surface area contributed by atoms with Crippen LogP contribution in [0.5, 0.6) is 0 Å². The molecule has 0 N–H and O–H groups in total. The summed E-state index contributed by atoms with van der Waals surface area (Å²) in [5.74, 6) is 0. The lowest BCUT2D eigenvalue weighted by molar-refractivity contribution is 0.511. The molecule has 0 unspecified atom stereocenters. The summed E-state index contributed by atoms with van der Waals surface area (Å²) in [5.41, 5.74) is 0. The van der Waals surface area contributed by atoms with Crippen LogP contribution in [-0.4, -0.2) is 17.4 Å². The van der Waals surface area contributed by atoms with E-state index in [1.54, 1.807) is 0 Å². The first kappa shape index (κ1) is 9.79. The first-order chi connectivity index (χ1) is 4.81. The van der Waals surface area contributed by atoms with Gasteiger partial charge in [-0.1, -0.05) is 25.0 Å². The molecule has 0 bridgehead atoms. The maximum atomic E-state index is 4.21. The second-order valence-electron chi connectivity index (χ2n) is 2.13. The molecule has 0 radical (unpaired) electrons. The van der Waals surface area contributed by atoms with Crippen LogP contribution >= 0.6 is 12.8 Å². The molecule has 0 amide bonds. The zero-order chi connectivity index (χ0) is 7.82. The fourth-order valence-corrected chi connectivity index (χ4v) is 0.915. The number of hydrogen-bond donors (Lipinski definition) is 1. The molecule has 0 atom stereocenters. The molecular formula is C8H15NS. The Kier molecular flexibility index (Phi) is 6.76. The molecule has 0 aromatic heterocycles. The Morgan fingerprint density at radius 1 is 1.30 bits per heavy atom. The highest BCUT2D eigenvalue weighted by molar-refractivity contribution is 7.77. The van der Waals surface area contributed by atoms with Crippen molar-refractivity contribution in [1.29, 1.82) is 0 Å². The zero-order valence-electron chi connectivity index (χ0n) is 6.29. The van der Waals surface area contributed by atoms with E-state index in [2.05, 4.69) is 26.0 Å². The molecule has 0 fully saturated rings. The molecule has 10 heavy (non-hydrogen) atoms. The van der Waals surface area contributed by atoms with Crippen LogP contribution in [-0.2, 0) is 0 Å². The zero-order valence-corrected chi connectivity index (χ0v) is 7.19. The molecule has 0 rings (SSSR count). The number of nitrogens with zero attached hydrogens (tertiary/aromatic N) is 1. The normalized spacial score (nSPS) is 9.80. The molecule has 0 heterocycles. The van der Waals surface area contributed by atoms with Crippen LogP contribution < -0.4 is 0 Å². The van der Waals surface area contributed by atoms with E-state index in [0.717, 1.165) is 25.9 Å². The highest BCUT2D eigenvalue weighted by atomic mass is 32.1. The average Bonchev–Trinajstić information content (AvgIpc) is 1.89. The Hall–Kier alpha value is -0.210. The third kappa shape index (κ3) is 5.92. The highest BCUT2D eigenvalue weighted by Crippen LogP contribution is 1.97. The number of hydrogen-bond acceptors (Lipinski definition) is 2. The van der Waals surface area contributed by atoms with Gasteiger partial charge in [0, 0.05) is 13.1 Å². The van der Waals surface area contributed by atoms with Gasteiger partial charge in [0.05, 0.1) is 0 Å². The Labute approximate surface area is 69.0 Å². The fourth-order valence-electron chi connectivity index (χ4n) is 0.658. The minimum Gasteiger partial charge on any atom is -0.249 e. The summed E-state index contributed by atoms with van der Waals surface area (Å²) in [5, 5.41) is 0. The lowest BCUT2D eigenvalue weighted by atomic mass is 10.3. The molecule has 0 saturated heterocycles. The van der Waals surface area contributed by atoms with Gasteiger partial charge in [-0.05, 0) is 12.8 Å². The maximum Gasteiger partial charge on any atom is 0.0265 e. The van der Waals surface area contributed by atoms with Crippen molar-refractivity contribution in [2.75, 3.05) is 13.1 Å². The Morgan fingerprint density at radius 2 is 2.00 bits per heavy atom. The van der Waals surface area contributed by atoms with Gasteiger partial charge >= 0.3 is 0 Å². The van der Waals surface area contributed by atoms with E-state index in [9.17, 15) is 0 Å². The van der Waals surface area contributed by atoms with E-state index < -0.39 is 0 Å². The average molecular weight is 157 g/mol. The van der Waals surface area contributed by atoms with Crippen molar-refractivity contribution in [3.8, 4) is 0 Å². The van der Waals surface area contributed by atoms with Crippen molar-refractivity contribution >= 4 is 12.8 Å². The van der Waals surface area contributed by atoms with Crippen molar-refractivity contribution in [3.05, 3.63) is 25.3 Å². The van der Waals surface area contributed by atoms with Crippen LogP contribution in [0.4, 0.5) is 0 Å². The second-order valence-corrected chi connectivity index (χ2v) is 2.70. The van der Waals surface area contributed by atoms with E-state index in [4.69, 9.17) is 0 Å². The SMILES string of the molecule is C=CCCCN(S)CC=C. The Bertz CT molecular complexity index is 101. The number of thiol groups is 1. The summed E-state index contributed by atoms with van der Waals surface area (Å²) in [6.45, 7) is 9.11. The predicted octanol–water partition coefficient (Wildman–Crippen LogP) is 2.29.